The van der Waals surface area contributed by atoms with Gasteiger partial charge in [0, 0.05) is 17.2 Å². The molecule has 0 saturated carbocycles. The smallest absolute Gasteiger partial charge is 0.126 e. The second kappa shape index (κ2) is 5.16. The Morgan fingerprint density at radius 2 is 2.29 bits per heavy atom. The molecule has 2 N–H and O–H groups in total. The van der Waals surface area contributed by atoms with Crippen molar-refractivity contribution < 1.29 is 5.11 Å². The van der Waals surface area contributed by atoms with Crippen molar-refractivity contribution in [1.29, 1.82) is 0 Å². The standard InChI is InChI=1S/C12H13BrN2OS/c1-12(16,9-4-5-17-7-9)8-15-11-3-2-10(13)6-14-11/h2-7,16H,8H2,1H3,(H,14,15)/t12-/m1/s1. The fourth-order valence-electron chi connectivity index (χ4n) is 1.42. The van der Waals surface area contributed by atoms with Gasteiger partial charge in [-0.2, -0.15) is 11.3 Å². The van der Waals surface area contributed by atoms with E-state index in [1.165, 1.54) is 0 Å². The van der Waals surface area contributed by atoms with Crippen LogP contribution in [0.5, 0.6) is 0 Å². The summed E-state index contributed by atoms with van der Waals surface area (Å²) in [6.07, 6.45) is 1.72. The Labute approximate surface area is 113 Å². The summed E-state index contributed by atoms with van der Waals surface area (Å²) in [6.45, 7) is 2.22. The molecule has 0 bridgehead atoms. The molecule has 0 radical (unpaired) electrons. The van der Waals surface area contributed by atoms with Gasteiger partial charge in [0.05, 0.1) is 0 Å². The van der Waals surface area contributed by atoms with Crippen LogP contribution in [0.2, 0.25) is 0 Å². The van der Waals surface area contributed by atoms with Crippen molar-refractivity contribution in [3.8, 4) is 0 Å². The molecule has 0 aliphatic heterocycles. The van der Waals surface area contributed by atoms with Crippen LogP contribution >= 0.6 is 27.3 Å². The predicted octanol–water partition coefficient (Wildman–Crippen LogP) is 3.23. The highest BCUT2D eigenvalue weighted by Gasteiger charge is 2.23. The first-order valence-electron chi connectivity index (χ1n) is 5.18. The molecule has 0 amide bonds. The van der Waals surface area contributed by atoms with Crippen LogP contribution in [0.15, 0.2) is 39.6 Å². The molecule has 2 rings (SSSR count). The Hall–Kier alpha value is -0.910. The predicted molar refractivity (Wildman–Crippen MR) is 74.3 cm³/mol. The number of aliphatic hydroxyl groups is 1. The minimum Gasteiger partial charge on any atom is -0.384 e. The zero-order valence-corrected chi connectivity index (χ0v) is 11.8. The molecule has 2 aromatic heterocycles. The Morgan fingerprint density at radius 1 is 1.47 bits per heavy atom. The minimum absolute atomic E-state index is 0.429. The Balaban J connectivity index is 2.00. The maximum atomic E-state index is 10.3. The quantitative estimate of drug-likeness (QED) is 0.911. The number of thiophene rings is 1. The van der Waals surface area contributed by atoms with Gasteiger partial charge in [-0.3, -0.25) is 0 Å². The lowest BCUT2D eigenvalue weighted by molar-refractivity contribution is 0.0719. The van der Waals surface area contributed by atoms with E-state index in [0.717, 1.165) is 15.9 Å². The van der Waals surface area contributed by atoms with Crippen LogP contribution < -0.4 is 5.32 Å². The SMILES string of the molecule is C[C@@](O)(CNc1ccc(Br)cn1)c1ccsc1. The zero-order chi connectivity index (χ0) is 12.3. The summed E-state index contributed by atoms with van der Waals surface area (Å²) in [5.41, 5.74) is 0.0430. The lowest BCUT2D eigenvalue weighted by Gasteiger charge is -2.23. The van der Waals surface area contributed by atoms with Crippen molar-refractivity contribution in [3.05, 3.63) is 45.2 Å². The first-order chi connectivity index (χ1) is 8.08. The number of nitrogens with zero attached hydrogens (tertiary/aromatic N) is 1. The van der Waals surface area contributed by atoms with Crippen LogP contribution in [0, 0.1) is 0 Å². The fourth-order valence-corrected chi connectivity index (χ4v) is 2.43. The Kier molecular flexibility index (Phi) is 3.81. The van der Waals surface area contributed by atoms with E-state index in [1.807, 2.05) is 29.0 Å². The number of rotatable bonds is 4. The van der Waals surface area contributed by atoms with Crippen LogP contribution in [0.25, 0.3) is 0 Å². The molecule has 0 fully saturated rings. The van der Waals surface area contributed by atoms with Crippen LogP contribution in [0.3, 0.4) is 0 Å². The molecule has 3 nitrogen and oxygen atoms in total. The third-order valence-corrected chi connectivity index (χ3v) is 3.64. The largest absolute Gasteiger partial charge is 0.384 e. The molecule has 2 aromatic rings. The lowest BCUT2D eigenvalue weighted by Crippen LogP contribution is -2.30. The second-order valence-electron chi connectivity index (χ2n) is 4.00. The third-order valence-electron chi connectivity index (χ3n) is 2.48. The number of hydrogen-bond donors (Lipinski definition) is 2. The summed E-state index contributed by atoms with van der Waals surface area (Å²) in [4.78, 5) is 4.20. The van der Waals surface area contributed by atoms with Crippen molar-refractivity contribution in [1.82, 2.24) is 4.98 Å². The first-order valence-corrected chi connectivity index (χ1v) is 6.92. The average molecular weight is 313 g/mol. The molecule has 1 atom stereocenters. The van der Waals surface area contributed by atoms with Crippen molar-refractivity contribution in [2.24, 2.45) is 0 Å². The Morgan fingerprint density at radius 3 is 2.88 bits per heavy atom. The molecule has 90 valence electrons. The number of hydrogen-bond acceptors (Lipinski definition) is 4. The normalized spacial score (nSPS) is 14.3. The molecule has 0 aromatic carbocycles. The van der Waals surface area contributed by atoms with E-state index < -0.39 is 5.60 Å². The van der Waals surface area contributed by atoms with Gasteiger partial charge in [-0.05, 0) is 57.4 Å². The average Bonchev–Trinajstić information content (AvgIpc) is 2.82. The number of aromatic nitrogens is 1. The van der Waals surface area contributed by atoms with Gasteiger partial charge in [-0.1, -0.05) is 0 Å². The molecular weight excluding hydrogens is 300 g/mol. The maximum Gasteiger partial charge on any atom is 0.126 e. The number of anilines is 1. The van der Waals surface area contributed by atoms with Gasteiger partial charge in [0.15, 0.2) is 0 Å². The van der Waals surface area contributed by atoms with Crippen molar-refractivity contribution in [2.45, 2.75) is 12.5 Å². The zero-order valence-electron chi connectivity index (χ0n) is 9.35. The Bertz CT molecular complexity index is 468. The van der Waals surface area contributed by atoms with Gasteiger partial charge in [0.1, 0.15) is 11.4 Å². The third kappa shape index (κ3) is 3.28. The summed E-state index contributed by atoms with van der Waals surface area (Å²) in [6, 6.07) is 5.71. The van der Waals surface area contributed by atoms with Crippen LogP contribution in [-0.2, 0) is 5.60 Å². The van der Waals surface area contributed by atoms with E-state index in [9.17, 15) is 5.11 Å². The van der Waals surface area contributed by atoms with Gasteiger partial charge in [0.25, 0.3) is 0 Å². The molecule has 0 saturated heterocycles. The van der Waals surface area contributed by atoms with E-state index in [4.69, 9.17) is 0 Å². The summed E-state index contributed by atoms with van der Waals surface area (Å²) in [5.74, 6) is 0.753. The second-order valence-corrected chi connectivity index (χ2v) is 5.70. The molecule has 0 spiro atoms. The molecule has 0 aliphatic carbocycles. The van der Waals surface area contributed by atoms with Crippen molar-refractivity contribution >= 4 is 33.1 Å². The van der Waals surface area contributed by atoms with Crippen LogP contribution in [0.1, 0.15) is 12.5 Å². The molecule has 0 aliphatic rings. The minimum atomic E-state index is -0.880. The monoisotopic (exact) mass is 312 g/mol. The topological polar surface area (TPSA) is 45.1 Å². The summed E-state index contributed by atoms with van der Waals surface area (Å²) < 4.78 is 0.938. The highest BCUT2D eigenvalue weighted by atomic mass is 79.9. The molecule has 17 heavy (non-hydrogen) atoms. The van der Waals surface area contributed by atoms with E-state index in [-0.39, 0.29) is 0 Å². The molecule has 2 heterocycles. The summed E-state index contributed by atoms with van der Waals surface area (Å²) >= 11 is 4.91. The first kappa shape index (κ1) is 12.5. The van der Waals surface area contributed by atoms with Gasteiger partial charge in [-0.25, -0.2) is 4.98 Å². The summed E-state index contributed by atoms with van der Waals surface area (Å²) in [7, 11) is 0. The van der Waals surface area contributed by atoms with E-state index in [2.05, 4.69) is 26.2 Å². The van der Waals surface area contributed by atoms with Crippen LogP contribution in [-0.4, -0.2) is 16.6 Å². The van der Waals surface area contributed by atoms with Gasteiger partial charge < -0.3 is 10.4 Å². The number of nitrogens with one attached hydrogen (secondary N) is 1. The fraction of sp³-hybridized carbons (Fsp3) is 0.250. The summed E-state index contributed by atoms with van der Waals surface area (Å²) in [5, 5.41) is 17.3. The lowest BCUT2D eigenvalue weighted by atomic mass is 9.99. The van der Waals surface area contributed by atoms with E-state index in [0.29, 0.717) is 6.54 Å². The molecule has 5 heteroatoms. The highest BCUT2D eigenvalue weighted by molar-refractivity contribution is 9.10. The van der Waals surface area contributed by atoms with Gasteiger partial charge >= 0.3 is 0 Å². The van der Waals surface area contributed by atoms with Crippen molar-refractivity contribution in [2.75, 3.05) is 11.9 Å². The number of pyridine rings is 1. The number of halogens is 1. The van der Waals surface area contributed by atoms with Gasteiger partial charge in [0.2, 0.25) is 0 Å². The highest BCUT2D eigenvalue weighted by Crippen LogP contribution is 2.23. The van der Waals surface area contributed by atoms with Crippen LogP contribution in [0.4, 0.5) is 5.82 Å². The molecular formula is C12H13BrN2OS. The van der Waals surface area contributed by atoms with E-state index in [1.54, 1.807) is 24.5 Å². The van der Waals surface area contributed by atoms with Crippen molar-refractivity contribution in [3.63, 3.8) is 0 Å². The molecule has 0 unspecified atom stereocenters. The maximum absolute atomic E-state index is 10.3. The van der Waals surface area contributed by atoms with Gasteiger partial charge in [-0.15, -0.1) is 0 Å². The van der Waals surface area contributed by atoms with E-state index >= 15 is 0 Å².